The highest BCUT2D eigenvalue weighted by atomic mass is 16.5. The fraction of sp³-hybridized carbons (Fsp3) is 0.350. The Balaban J connectivity index is 2.18. The summed E-state index contributed by atoms with van der Waals surface area (Å²) in [5, 5.41) is 9.49. The molecule has 1 aliphatic carbocycles. The van der Waals surface area contributed by atoms with Gasteiger partial charge in [0.1, 0.15) is 0 Å². The van der Waals surface area contributed by atoms with Crippen molar-refractivity contribution in [3.63, 3.8) is 0 Å². The van der Waals surface area contributed by atoms with Crippen molar-refractivity contribution in [1.29, 1.82) is 0 Å². The van der Waals surface area contributed by atoms with E-state index in [1.54, 1.807) is 13.1 Å². The van der Waals surface area contributed by atoms with Crippen molar-refractivity contribution in [3.05, 3.63) is 53.7 Å². The van der Waals surface area contributed by atoms with Gasteiger partial charge in [-0.1, -0.05) is 37.3 Å². The zero-order chi connectivity index (χ0) is 18.0. The number of carboxylic acid groups (broad SMARTS) is 1. The fourth-order valence-corrected chi connectivity index (χ4v) is 4.02. The predicted octanol–water partition coefficient (Wildman–Crippen LogP) is 3.41. The third-order valence-electron chi connectivity index (χ3n) is 5.02. The van der Waals surface area contributed by atoms with Gasteiger partial charge in [0.15, 0.2) is 0 Å². The van der Waals surface area contributed by atoms with Crippen LogP contribution in [0.15, 0.2) is 42.6 Å². The molecule has 1 unspecified atom stereocenters. The summed E-state index contributed by atoms with van der Waals surface area (Å²) in [6.07, 6.45) is 2.35. The highest BCUT2D eigenvalue weighted by molar-refractivity contribution is 5.79. The van der Waals surface area contributed by atoms with Crippen LogP contribution < -0.4 is 0 Å². The van der Waals surface area contributed by atoms with Crippen LogP contribution in [0, 0.1) is 5.92 Å². The van der Waals surface area contributed by atoms with Gasteiger partial charge in [-0.25, -0.2) is 0 Å². The molecule has 1 heterocycles. The minimum Gasteiger partial charge on any atom is -0.481 e. The first-order chi connectivity index (χ1) is 12.0. The molecular formula is C20H21NO4. The van der Waals surface area contributed by atoms with Gasteiger partial charge in [-0.2, -0.15) is 0 Å². The zero-order valence-corrected chi connectivity index (χ0v) is 14.3. The molecule has 0 saturated carbocycles. The Labute approximate surface area is 146 Å². The number of aromatic nitrogens is 1. The predicted molar refractivity (Wildman–Crippen MR) is 93.1 cm³/mol. The summed E-state index contributed by atoms with van der Waals surface area (Å²) < 4.78 is 5.15. The molecule has 0 spiro atoms. The maximum Gasteiger partial charge on any atom is 0.306 e. The summed E-state index contributed by atoms with van der Waals surface area (Å²) in [5.41, 5.74) is 3.42. The van der Waals surface area contributed by atoms with Crippen LogP contribution in [0.4, 0.5) is 0 Å². The van der Waals surface area contributed by atoms with Crippen molar-refractivity contribution in [2.75, 3.05) is 0 Å². The number of carbonyl (C=O) groups is 2. The van der Waals surface area contributed by atoms with Crippen LogP contribution in [0.5, 0.6) is 0 Å². The Morgan fingerprint density at radius 1 is 1.20 bits per heavy atom. The van der Waals surface area contributed by atoms with Gasteiger partial charge in [0.25, 0.3) is 6.47 Å². The molecule has 5 heteroatoms. The molecule has 3 atom stereocenters. The van der Waals surface area contributed by atoms with Gasteiger partial charge in [-0.05, 0) is 37.0 Å². The van der Waals surface area contributed by atoms with E-state index in [1.165, 1.54) is 0 Å². The molecule has 0 aliphatic heterocycles. The van der Waals surface area contributed by atoms with E-state index in [4.69, 9.17) is 4.74 Å². The summed E-state index contributed by atoms with van der Waals surface area (Å²) >= 11 is 0. The summed E-state index contributed by atoms with van der Waals surface area (Å²) in [6, 6.07) is 11.8. The molecule has 0 saturated heterocycles. The van der Waals surface area contributed by atoms with Crippen molar-refractivity contribution in [3.8, 4) is 11.3 Å². The molecule has 3 rings (SSSR count). The molecule has 0 radical (unpaired) electrons. The van der Waals surface area contributed by atoms with Gasteiger partial charge in [0, 0.05) is 17.2 Å². The van der Waals surface area contributed by atoms with Gasteiger partial charge in [0.05, 0.1) is 17.7 Å². The van der Waals surface area contributed by atoms with Crippen LogP contribution in [0.25, 0.3) is 11.3 Å². The monoisotopic (exact) mass is 339 g/mol. The molecule has 0 bridgehead atoms. The number of nitrogens with zero attached hydrogens (tertiary/aromatic N) is 1. The second-order valence-electron chi connectivity index (χ2n) is 6.72. The largest absolute Gasteiger partial charge is 0.481 e. The maximum absolute atomic E-state index is 11.6. The Bertz CT molecular complexity index is 756. The Morgan fingerprint density at radius 3 is 2.64 bits per heavy atom. The molecule has 130 valence electrons. The lowest BCUT2D eigenvalue weighted by Gasteiger charge is -2.35. The van der Waals surface area contributed by atoms with Crippen molar-refractivity contribution in [1.82, 2.24) is 4.98 Å². The standard InChI is InChI=1S/C20H21NO4/c1-13(19(23)24)10-20(11-14(2)25-12-22)16-7-4-3-6-15(16)18-17(20)8-5-9-21-18/h3-9,12-14H,10-11H2,1-2H3,(H,23,24)/t13-,14-,20?/m0/s1. The van der Waals surface area contributed by atoms with E-state index in [-0.39, 0.29) is 6.10 Å². The molecule has 2 aromatic rings. The first-order valence-corrected chi connectivity index (χ1v) is 8.37. The van der Waals surface area contributed by atoms with Crippen LogP contribution >= 0.6 is 0 Å². The average Bonchev–Trinajstić information content (AvgIpc) is 2.86. The molecule has 1 N–H and O–H groups in total. The second kappa shape index (κ2) is 6.67. The number of carboxylic acids is 1. The number of benzene rings is 1. The van der Waals surface area contributed by atoms with Gasteiger partial charge in [-0.15, -0.1) is 0 Å². The van der Waals surface area contributed by atoms with Gasteiger partial charge >= 0.3 is 5.97 Å². The van der Waals surface area contributed by atoms with Gasteiger partial charge < -0.3 is 9.84 Å². The number of pyridine rings is 1. The number of hydrogen-bond donors (Lipinski definition) is 1. The lowest BCUT2D eigenvalue weighted by Crippen LogP contribution is -2.34. The highest BCUT2D eigenvalue weighted by Crippen LogP contribution is 2.53. The van der Waals surface area contributed by atoms with E-state index >= 15 is 0 Å². The minimum atomic E-state index is -0.835. The van der Waals surface area contributed by atoms with E-state index in [1.807, 2.05) is 43.3 Å². The molecular weight excluding hydrogens is 318 g/mol. The SMILES string of the molecule is C[C@@H](CC1(C[C@H](C)C(=O)O)c2ccccc2-c2ncccc21)OC=O. The number of ether oxygens (including phenoxy) is 1. The van der Waals surface area contributed by atoms with Crippen LogP contribution in [-0.2, 0) is 19.7 Å². The molecule has 1 aliphatic rings. The number of rotatable bonds is 7. The van der Waals surface area contributed by atoms with Crippen LogP contribution in [0.2, 0.25) is 0 Å². The van der Waals surface area contributed by atoms with Crippen molar-refractivity contribution in [2.24, 2.45) is 5.92 Å². The van der Waals surface area contributed by atoms with Crippen molar-refractivity contribution >= 4 is 12.4 Å². The normalized spacial score (nSPS) is 20.2. The van der Waals surface area contributed by atoms with Gasteiger partial charge in [-0.3, -0.25) is 14.6 Å². The molecule has 0 amide bonds. The summed E-state index contributed by atoms with van der Waals surface area (Å²) in [7, 11) is 0. The minimum absolute atomic E-state index is 0.335. The molecule has 1 aromatic heterocycles. The Hall–Kier alpha value is -2.69. The quantitative estimate of drug-likeness (QED) is 0.782. The van der Waals surface area contributed by atoms with E-state index in [9.17, 15) is 14.7 Å². The number of fused-ring (bicyclic) bond motifs is 3. The average molecular weight is 339 g/mol. The second-order valence-corrected chi connectivity index (χ2v) is 6.72. The maximum atomic E-state index is 11.6. The molecule has 25 heavy (non-hydrogen) atoms. The first kappa shape index (κ1) is 17.1. The topological polar surface area (TPSA) is 76.5 Å². The summed E-state index contributed by atoms with van der Waals surface area (Å²) in [6.45, 7) is 3.99. The smallest absolute Gasteiger partial charge is 0.306 e. The number of aliphatic carboxylic acids is 1. The van der Waals surface area contributed by atoms with E-state index in [2.05, 4.69) is 4.98 Å². The number of carbonyl (C=O) groups excluding carboxylic acids is 1. The van der Waals surface area contributed by atoms with Crippen LogP contribution in [0.1, 0.15) is 37.8 Å². The van der Waals surface area contributed by atoms with Crippen molar-refractivity contribution < 1.29 is 19.4 Å². The van der Waals surface area contributed by atoms with Gasteiger partial charge in [0.2, 0.25) is 0 Å². The van der Waals surface area contributed by atoms with E-state index < -0.39 is 17.3 Å². The first-order valence-electron chi connectivity index (χ1n) is 8.37. The zero-order valence-electron chi connectivity index (χ0n) is 14.3. The number of hydrogen-bond acceptors (Lipinski definition) is 4. The Kier molecular flexibility index (Phi) is 4.57. The molecule has 0 fully saturated rings. The lowest BCUT2D eigenvalue weighted by atomic mass is 9.69. The van der Waals surface area contributed by atoms with Crippen LogP contribution in [0.3, 0.4) is 0 Å². The molecule has 1 aromatic carbocycles. The van der Waals surface area contributed by atoms with E-state index in [0.717, 1.165) is 22.4 Å². The van der Waals surface area contributed by atoms with E-state index in [0.29, 0.717) is 19.3 Å². The fourth-order valence-electron chi connectivity index (χ4n) is 4.02. The lowest BCUT2D eigenvalue weighted by molar-refractivity contribution is -0.142. The van der Waals surface area contributed by atoms with Crippen molar-refractivity contribution in [2.45, 2.75) is 38.2 Å². The third kappa shape index (κ3) is 2.90. The third-order valence-corrected chi connectivity index (χ3v) is 5.02. The summed E-state index contributed by atoms with van der Waals surface area (Å²) in [4.78, 5) is 26.9. The Morgan fingerprint density at radius 2 is 1.92 bits per heavy atom. The molecule has 5 nitrogen and oxygen atoms in total. The van der Waals surface area contributed by atoms with Crippen LogP contribution in [-0.4, -0.2) is 28.6 Å². The highest BCUT2D eigenvalue weighted by Gasteiger charge is 2.46. The summed E-state index contributed by atoms with van der Waals surface area (Å²) in [5.74, 6) is -1.37.